The number of hydrogen-bond donors (Lipinski definition) is 0. The van der Waals surface area contributed by atoms with Gasteiger partial charge in [0.15, 0.2) is 0 Å². The Hall–Kier alpha value is -3.96. The minimum Gasteiger partial charge on any atom is -0.456 e. The first-order valence-corrected chi connectivity index (χ1v) is 14.5. The van der Waals surface area contributed by atoms with E-state index < -0.39 is 5.54 Å². The van der Waals surface area contributed by atoms with Crippen LogP contribution in [-0.4, -0.2) is 32.1 Å². The van der Waals surface area contributed by atoms with Crippen LogP contribution in [0, 0.1) is 0 Å². The predicted molar refractivity (Wildman–Crippen MR) is 165 cm³/mol. The smallest absolute Gasteiger partial charge is 0.260 e. The molecule has 40 heavy (non-hydrogen) atoms. The van der Waals surface area contributed by atoms with Crippen LogP contribution in [0.15, 0.2) is 84.9 Å². The van der Waals surface area contributed by atoms with Gasteiger partial charge >= 0.3 is 0 Å². The Bertz CT molecular complexity index is 1510. The molecule has 0 atom stereocenters. The summed E-state index contributed by atoms with van der Waals surface area (Å²) in [5.74, 6) is 1.48. The summed E-state index contributed by atoms with van der Waals surface area (Å²) in [6.45, 7) is 12.2. The first kappa shape index (κ1) is 26.3. The van der Waals surface area contributed by atoms with Crippen molar-refractivity contribution in [2.75, 3.05) is 40.9 Å². The molecule has 2 aliphatic heterocycles. The number of nitrogens with zero attached hydrogens (tertiary/aromatic N) is 3. The second-order valence-electron chi connectivity index (χ2n) is 10.2. The monoisotopic (exact) mass is 551 g/mol. The quantitative estimate of drug-likeness (QED) is 0.232. The highest BCUT2D eigenvalue weighted by molar-refractivity contribution is 6.30. The van der Waals surface area contributed by atoms with Gasteiger partial charge in [-0.15, -0.1) is 0 Å². The molecule has 2 aliphatic rings. The lowest BCUT2D eigenvalue weighted by molar-refractivity contribution is 0.0985. The van der Waals surface area contributed by atoms with Crippen LogP contribution >= 0.6 is 11.6 Å². The van der Waals surface area contributed by atoms with E-state index in [1.54, 1.807) is 0 Å². The van der Waals surface area contributed by atoms with Crippen molar-refractivity contribution in [3.05, 3.63) is 112 Å². The Labute approximate surface area is 241 Å². The van der Waals surface area contributed by atoms with E-state index in [1.807, 2.05) is 47.4 Å². The second kappa shape index (κ2) is 10.2. The van der Waals surface area contributed by atoms with Gasteiger partial charge in [-0.1, -0.05) is 41.9 Å². The molecule has 6 rings (SSSR count). The molecule has 5 nitrogen and oxygen atoms in total. The predicted octanol–water partition coefficient (Wildman–Crippen LogP) is 8.09. The molecule has 6 heteroatoms. The maximum atomic E-state index is 14.3. The van der Waals surface area contributed by atoms with Crippen LogP contribution < -0.4 is 19.4 Å². The molecule has 4 aromatic carbocycles. The maximum Gasteiger partial charge on any atom is 0.260 e. The van der Waals surface area contributed by atoms with Crippen molar-refractivity contribution in [3.8, 4) is 11.5 Å². The Morgan fingerprint density at radius 3 is 1.75 bits per heavy atom. The van der Waals surface area contributed by atoms with Crippen LogP contribution in [0.25, 0.3) is 0 Å². The SMILES string of the molecule is CCN(CC)c1ccc2c(c1)Oc1cc(N(CC)CC)ccc1C21c2ccccc2C(=O)N1c1ccc(Cl)cc1. The first-order valence-electron chi connectivity index (χ1n) is 14.1. The van der Waals surface area contributed by atoms with Crippen LogP contribution in [0.4, 0.5) is 17.1 Å². The number of ether oxygens (including phenoxy) is 1. The highest BCUT2D eigenvalue weighted by Crippen LogP contribution is 2.59. The number of carbonyl (C=O) groups is 1. The molecule has 0 radical (unpaired) electrons. The van der Waals surface area contributed by atoms with Crippen molar-refractivity contribution in [1.82, 2.24) is 0 Å². The zero-order valence-corrected chi connectivity index (χ0v) is 24.2. The molecule has 0 saturated carbocycles. The van der Waals surface area contributed by atoms with Crippen LogP contribution in [-0.2, 0) is 5.54 Å². The fourth-order valence-electron chi connectivity index (χ4n) is 6.43. The summed E-state index contributed by atoms with van der Waals surface area (Å²) in [5.41, 5.74) is 5.60. The second-order valence-corrected chi connectivity index (χ2v) is 10.6. The third-order valence-electron chi connectivity index (χ3n) is 8.36. The van der Waals surface area contributed by atoms with Gasteiger partial charge in [0.2, 0.25) is 0 Å². The Kier molecular flexibility index (Phi) is 6.71. The Morgan fingerprint density at radius 2 is 1.23 bits per heavy atom. The Morgan fingerprint density at radius 1 is 0.700 bits per heavy atom. The Balaban J connectivity index is 1.70. The van der Waals surface area contributed by atoms with Gasteiger partial charge in [-0.3, -0.25) is 9.69 Å². The molecule has 0 bridgehead atoms. The van der Waals surface area contributed by atoms with Gasteiger partial charge in [0.05, 0.1) is 0 Å². The summed E-state index contributed by atoms with van der Waals surface area (Å²) in [7, 11) is 0. The largest absolute Gasteiger partial charge is 0.456 e. The standard InChI is InChI=1S/C34H34ClN3O2/c1-5-36(6-2)25-17-19-29-31(21-25)40-32-22-26(37(7-3)8-4)18-20-30(32)34(29)28-12-10-9-11-27(28)33(39)38(34)24-15-13-23(35)14-16-24/h9-22H,5-8H2,1-4H3. The van der Waals surface area contributed by atoms with Gasteiger partial charge in [0, 0.05) is 82.7 Å². The number of carbonyl (C=O) groups excluding carboxylic acids is 1. The average Bonchev–Trinajstić information content (AvgIpc) is 3.23. The molecule has 1 amide bonds. The summed E-state index contributed by atoms with van der Waals surface area (Å²) in [6.07, 6.45) is 0. The normalized spacial score (nSPS) is 14.4. The van der Waals surface area contributed by atoms with E-state index in [0.29, 0.717) is 10.6 Å². The number of benzene rings is 4. The number of halogens is 1. The van der Waals surface area contributed by atoms with E-state index in [0.717, 1.165) is 71.4 Å². The van der Waals surface area contributed by atoms with Crippen molar-refractivity contribution in [1.29, 1.82) is 0 Å². The summed E-state index contributed by atoms with van der Waals surface area (Å²) < 4.78 is 6.77. The molecule has 0 N–H and O–H groups in total. The molecule has 0 unspecified atom stereocenters. The number of anilines is 3. The molecule has 0 fully saturated rings. The number of rotatable bonds is 7. The van der Waals surface area contributed by atoms with E-state index in [-0.39, 0.29) is 5.91 Å². The summed E-state index contributed by atoms with van der Waals surface area (Å²) >= 11 is 6.30. The minimum absolute atomic E-state index is 0.0441. The topological polar surface area (TPSA) is 36.0 Å². The number of amides is 1. The summed E-state index contributed by atoms with van der Waals surface area (Å²) in [4.78, 5) is 20.9. The van der Waals surface area contributed by atoms with Crippen LogP contribution in [0.2, 0.25) is 5.02 Å². The molecule has 4 aromatic rings. The van der Waals surface area contributed by atoms with E-state index in [2.05, 4.69) is 80.0 Å². The van der Waals surface area contributed by atoms with Crippen molar-refractivity contribution in [3.63, 3.8) is 0 Å². The van der Waals surface area contributed by atoms with Crippen LogP contribution in [0.1, 0.15) is 54.7 Å². The van der Waals surface area contributed by atoms with Gasteiger partial charge in [0.25, 0.3) is 5.91 Å². The van der Waals surface area contributed by atoms with E-state index in [9.17, 15) is 4.79 Å². The molecular formula is C34H34ClN3O2. The third kappa shape index (κ3) is 3.79. The fraction of sp³-hybridized carbons (Fsp3) is 0.265. The highest BCUT2D eigenvalue weighted by atomic mass is 35.5. The molecule has 0 aliphatic carbocycles. The number of fused-ring (bicyclic) bond motifs is 6. The van der Waals surface area contributed by atoms with Crippen molar-refractivity contribution in [2.24, 2.45) is 0 Å². The van der Waals surface area contributed by atoms with Gasteiger partial charge in [-0.2, -0.15) is 0 Å². The van der Waals surface area contributed by atoms with Crippen LogP contribution in [0.5, 0.6) is 11.5 Å². The lowest BCUT2D eigenvalue weighted by atomic mass is 9.74. The lowest BCUT2D eigenvalue weighted by Crippen LogP contribution is -2.47. The van der Waals surface area contributed by atoms with Gasteiger partial charge in [-0.05, 0) is 70.2 Å². The van der Waals surface area contributed by atoms with E-state index in [4.69, 9.17) is 16.3 Å². The minimum atomic E-state index is -0.909. The lowest BCUT2D eigenvalue weighted by Gasteiger charge is -2.44. The first-order chi connectivity index (χ1) is 19.5. The zero-order valence-electron chi connectivity index (χ0n) is 23.4. The molecule has 0 saturated heterocycles. The third-order valence-corrected chi connectivity index (χ3v) is 8.61. The van der Waals surface area contributed by atoms with Gasteiger partial charge in [-0.25, -0.2) is 0 Å². The molecule has 2 heterocycles. The van der Waals surface area contributed by atoms with Crippen molar-refractivity contribution in [2.45, 2.75) is 33.2 Å². The number of hydrogen-bond acceptors (Lipinski definition) is 4. The average molecular weight is 552 g/mol. The van der Waals surface area contributed by atoms with Crippen molar-refractivity contribution < 1.29 is 9.53 Å². The van der Waals surface area contributed by atoms with Gasteiger partial charge < -0.3 is 14.5 Å². The zero-order chi connectivity index (χ0) is 28.0. The summed E-state index contributed by atoms with van der Waals surface area (Å²) in [6, 6.07) is 28.3. The van der Waals surface area contributed by atoms with Gasteiger partial charge in [0.1, 0.15) is 17.0 Å². The molecular weight excluding hydrogens is 518 g/mol. The maximum absolute atomic E-state index is 14.3. The van der Waals surface area contributed by atoms with Crippen molar-refractivity contribution >= 4 is 34.6 Å². The fourth-order valence-corrected chi connectivity index (χ4v) is 6.56. The molecule has 1 spiro atoms. The van der Waals surface area contributed by atoms with E-state index >= 15 is 0 Å². The summed E-state index contributed by atoms with van der Waals surface area (Å²) in [5, 5.41) is 0.627. The van der Waals surface area contributed by atoms with Crippen LogP contribution in [0.3, 0.4) is 0 Å². The highest BCUT2D eigenvalue weighted by Gasteiger charge is 2.57. The molecule has 0 aromatic heterocycles. The van der Waals surface area contributed by atoms with E-state index in [1.165, 1.54) is 0 Å². The molecule has 204 valence electrons.